The zero-order valence-electron chi connectivity index (χ0n) is 55.7. The molecular weight excluding hydrogens is 1350 g/mol. The molecule has 0 saturated carbocycles. The normalized spacial score (nSPS) is 16.6. The molecular formula is C73H93IN12O11. The van der Waals surface area contributed by atoms with E-state index in [0.29, 0.717) is 53.3 Å². The molecule has 1 aliphatic heterocycles. The molecule has 1 heterocycles. The van der Waals surface area contributed by atoms with Crippen molar-refractivity contribution < 1.29 is 53.4 Å². The Hall–Kier alpha value is -9.43. The van der Waals surface area contributed by atoms with Gasteiger partial charge >= 0.3 is 5.97 Å². The van der Waals surface area contributed by atoms with Crippen molar-refractivity contribution in [3.8, 4) is 5.75 Å². The summed E-state index contributed by atoms with van der Waals surface area (Å²) in [5.74, 6) is -4.64. The molecule has 1 unspecified atom stereocenters. The largest absolute Gasteiger partial charge is 0.507 e. The maximum Gasteiger partial charge on any atom is 0.303 e. The number of unbranched alkanes of at least 4 members (excludes halogenated alkanes) is 1. The summed E-state index contributed by atoms with van der Waals surface area (Å²) in [5.41, 5.74) is 19.3. The van der Waals surface area contributed by atoms with E-state index >= 15 is 0 Å². The molecule has 1 aliphatic rings. The summed E-state index contributed by atoms with van der Waals surface area (Å²) in [5, 5.41) is 43.3. The molecule has 518 valence electrons. The molecule has 1 saturated heterocycles. The summed E-state index contributed by atoms with van der Waals surface area (Å²) in [7, 11) is 2.94. The fraction of sp³-hybridized carbons (Fsp3) is 0.397. The Morgan fingerprint density at radius 1 is 0.619 bits per heavy atom. The predicted molar refractivity (Wildman–Crippen MR) is 383 cm³/mol. The molecule has 97 heavy (non-hydrogen) atoms. The molecule has 0 bridgehead atoms. The number of aryl methyl sites for hydroxylation is 4. The monoisotopic (exact) mass is 1440 g/mol. The van der Waals surface area contributed by atoms with Gasteiger partial charge in [0.1, 0.15) is 29.9 Å². The maximum absolute atomic E-state index is 14.7. The van der Waals surface area contributed by atoms with Crippen LogP contribution in [0.25, 0.3) is 10.8 Å². The number of aliphatic imine (C=N–C) groups is 1. The number of carbonyl (C=O) groups is 9. The average molecular weight is 1440 g/mol. The van der Waals surface area contributed by atoms with Gasteiger partial charge in [-0.25, -0.2) is 0 Å². The summed E-state index contributed by atoms with van der Waals surface area (Å²) < 4.78 is 0.505. The van der Waals surface area contributed by atoms with Gasteiger partial charge in [0.25, 0.3) is 5.91 Å². The number of phenols is 1. The number of hydrogen-bond acceptors (Lipinski definition) is 12. The number of guanidine groups is 1. The highest BCUT2D eigenvalue weighted by Gasteiger charge is 2.36. The number of benzene rings is 6. The van der Waals surface area contributed by atoms with Crippen molar-refractivity contribution >= 4 is 92.5 Å². The van der Waals surface area contributed by atoms with E-state index in [-0.39, 0.29) is 81.7 Å². The lowest BCUT2D eigenvalue weighted by atomic mass is 10.00. The number of hydrogen-bond donors (Lipinski definition) is 12. The van der Waals surface area contributed by atoms with Crippen molar-refractivity contribution in [3.05, 3.63) is 182 Å². The highest BCUT2D eigenvalue weighted by molar-refractivity contribution is 14.1. The van der Waals surface area contributed by atoms with Gasteiger partial charge in [-0.05, 0) is 170 Å². The van der Waals surface area contributed by atoms with Crippen LogP contribution in [0.4, 0.5) is 0 Å². The average Bonchev–Trinajstić information content (AvgIpc) is 1.90. The van der Waals surface area contributed by atoms with Crippen molar-refractivity contribution in [2.75, 3.05) is 40.3 Å². The number of nitrogens with one attached hydrogen (secondary N) is 8. The van der Waals surface area contributed by atoms with Gasteiger partial charge in [-0.3, -0.25) is 48.1 Å². The number of carbonyl (C=O) groups excluding carboxylic acids is 8. The van der Waals surface area contributed by atoms with Crippen LogP contribution in [0.3, 0.4) is 0 Å². The van der Waals surface area contributed by atoms with Crippen molar-refractivity contribution in [1.82, 2.24) is 47.4 Å². The van der Waals surface area contributed by atoms with Crippen LogP contribution in [0.5, 0.6) is 5.75 Å². The first-order chi connectivity index (χ1) is 46.5. The molecule has 14 N–H and O–H groups in total. The van der Waals surface area contributed by atoms with Gasteiger partial charge < -0.3 is 69.1 Å². The molecule has 5 atom stereocenters. The molecule has 7 rings (SSSR count). The van der Waals surface area contributed by atoms with Gasteiger partial charge in [0, 0.05) is 71.5 Å². The van der Waals surface area contributed by atoms with E-state index in [4.69, 9.17) is 16.6 Å². The molecule has 8 amide bonds. The van der Waals surface area contributed by atoms with E-state index in [1.807, 2.05) is 78.9 Å². The molecule has 0 aromatic heterocycles. The van der Waals surface area contributed by atoms with Crippen molar-refractivity contribution in [1.29, 1.82) is 0 Å². The van der Waals surface area contributed by atoms with Gasteiger partial charge in [-0.1, -0.05) is 120 Å². The molecule has 0 spiro atoms. The number of aromatic hydroxyl groups is 1. The summed E-state index contributed by atoms with van der Waals surface area (Å²) in [4.78, 5) is 126. The number of aliphatic carboxylic acids is 1. The summed E-state index contributed by atoms with van der Waals surface area (Å²) >= 11 is 1.95. The molecule has 0 radical (unpaired) electrons. The predicted octanol–water partition coefficient (Wildman–Crippen LogP) is 5.83. The Kier molecular flexibility index (Phi) is 31.7. The highest BCUT2D eigenvalue weighted by Crippen LogP contribution is 2.23. The molecule has 23 nitrogen and oxygen atoms in total. The number of carboxylic acid groups (broad SMARTS) is 1. The number of fused-ring (bicyclic) bond motifs is 1. The van der Waals surface area contributed by atoms with Crippen LogP contribution in [0.1, 0.15) is 120 Å². The molecule has 24 heteroatoms. The Morgan fingerprint density at radius 3 is 1.86 bits per heavy atom. The smallest absolute Gasteiger partial charge is 0.303 e. The highest BCUT2D eigenvalue weighted by atomic mass is 127. The van der Waals surface area contributed by atoms with Crippen LogP contribution in [-0.4, -0.2) is 145 Å². The number of nitrogens with two attached hydrogens (primary N) is 2. The van der Waals surface area contributed by atoms with E-state index in [1.165, 1.54) is 47.3 Å². The number of likely N-dealkylation sites (N-methyl/N-ethyl adjacent to an activating group) is 1. The minimum Gasteiger partial charge on any atom is -0.507 e. The standard InChI is InChI=1S/C62H79IN12O9.C11H14O2/c1-39-18-20-40(21-19-39)11-8-17-54(77)67-30-7-6-14-48(64)57(80)70-37-41-22-27-45(28-23-41)56(79)68-31-10-16-52-60(83)73-49(15-9-32-69-62(65)66-2)59(82)74-50(35-42-24-26-44-12-4-5-13-46(44)33-42)58(81)71-38-55(78)72-51(61(84)75(52)3)36-43-25-29-53(76)47(63)34-43;1-9-5-7-10(8-6-9)3-2-4-11(12)13/h4-5,12-13,18-29,33-34,48-52,76H,6-11,14-17,30-32,35-38,64H2,1-3H3,(H,67,77)(H,68,79)(H,70,80)(H,71,81)(H,72,78)(H,73,83)(H,74,82)(H3,65,66,69);5-8H,2-4H2,1H3,(H,12,13)/t48?,49-,50-,51+,52+;/m0./s1. The first-order valence-corrected chi connectivity index (χ1v) is 34.0. The van der Waals surface area contributed by atoms with Crippen LogP contribution in [0.2, 0.25) is 0 Å². The number of halogens is 1. The number of rotatable bonds is 29. The third kappa shape index (κ3) is 27.0. The Bertz CT molecular complexity index is 3650. The molecule has 0 aliphatic carbocycles. The number of carboxylic acids is 1. The third-order valence-electron chi connectivity index (χ3n) is 16.6. The Labute approximate surface area is 581 Å². The Morgan fingerprint density at radius 2 is 1.20 bits per heavy atom. The quantitative estimate of drug-likeness (QED) is 0.0114. The lowest BCUT2D eigenvalue weighted by Crippen LogP contribution is -2.58. The van der Waals surface area contributed by atoms with Gasteiger partial charge in [0.15, 0.2) is 5.96 Å². The first-order valence-electron chi connectivity index (χ1n) is 32.9. The van der Waals surface area contributed by atoms with E-state index in [9.17, 15) is 48.3 Å². The fourth-order valence-electron chi connectivity index (χ4n) is 10.8. The fourth-order valence-corrected chi connectivity index (χ4v) is 11.4. The van der Waals surface area contributed by atoms with Gasteiger partial charge in [-0.2, -0.15) is 0 Å². The van der Waals surface area contributed by atoms with Crippen molar-refractivity contribution in [2.45, 2.75) is 147 Å². The van der Waals surface area contributed by atoms with Crippen LogP contribution in [-0.2, 0) is 70.6 Å². The lowest BCUT2D eigenvalue weighted by molar-refractivity contribution is -0.142. The van der Waals surface area contributed by atoms with Gasteiger partial charge in [0.2, 0.25) is 41.4 Å². The van der Waals surface area contributed by atoms with Crippen LogP contribution in [0.15, 0.2) is 138 Å². The number of phenolic OH excluding ortho intramolecular Hbond substituents is 1. The SMILES string of the molecule is CN=C(N)NCCC[C@@H]1NC(=O)[C@@H](CCCNC(=O)c2ccc(CNC(=O)C(N)CCCCNC(=O)CCCc3ccc(C)cc3)cc2)N(C)C(=O)[C@@H](Cc2ccc(O)c(I)c2)NC(=O)CNC(=O)[C@H](Cc2ccc3ccccc3c2)NC1=O.Cc1ccc(CCCC(=O)O)cc1. The zero-order chi connectivity index (χ0) is 70.2. The van der Waals surface area contributed by atoms with Gasteiger partial charge in [-0.15, -0.1) is 0 Å². The lowest BCUT2D eigenvalue weighted by Gasteiger charge is -2.32. The van der Waals surface area contributed by atoms with Crippen molar-refractivity contribution in [3.63, 3.8) is 0 Å². The third-order valence-corrected chi connectivity index (χ3v) is 17.4. The minimum atomic E-state index is -1.25. The van der Waals surface area contributed by atoms with Gasteiger partial charge in [0.05, 0.1) is 16.2 Å². The van der Waals surface area contributed by atoms with E-state index in [2.05, 4.69) is 96.1 Å². The first kappa shape index (κ1) is 76.6. The second-order valence-electron chi connectivity index (χ2n) is 24.3. The number of nitrogens with zero attached hydrogens (tertiary/aromatic N) is 2. The van der Waals surface area contributed by atoms with Crippen LogP contribution < -0.4 is 54.0 Å². The van der Waals surface area contributed by atoms with E-state index in [0.717, 1.165) is 47.6 Å². The topological polar surface area (TPSA) is 358 Å². The summed E-state index contributed by atoms with van der Waals surface area (Å²) in [6, 6.07) is 35.7. The molecule has 6 aromatic rings. The van der Waals surface area contributed by atoms with Crippen LogP contribution in [0, 0.1) is 17.4 Å². The molecule has 6 aromatic carbocycles. The summed E-state index contributed by atoms with van der Waals surface area (Å²) in [6.07, 6.45) is 6.25. The van der Waals surface area contributed by atoms with Crippen LogP contribution >= 0.6 is 22.6 Å². The molecule has 1 fully saturated rings. The van der Waals surface area contributed by atoms with Crippen molar-refractivity contribution in [2.24, 2.45) is 16.5 Å². The summed E-state index contributed by atoms with van der Waals surface area (Å²) in [6.45, 7) is 4.59. The zero-order valence-corrected chi connectivity index (χ0v) is 57.9. The second kappa shape index (κ2) is 40.2. The van der Waals surface area contributed by atoms with E-state index < -0.39 is 78.2 Å². The minimum absolute atomic E-state index is 0.00159. The number of amides is 8. The van der Waals surface area contributed by atoms with E-state index in [1.54, 1.807) is 36.4 Å². The maximum atomic E-state index is 14.7. The Balaban J connectivity index is 0.00000102. The second-order valence-corrected chi connectivity index (χ2v) is 25.5.